The fraction of sp³-hybridized carbons (Fsp3) is 0.529. The summed E-state index contributed by atoms with van der Waals surface area (Å²) in [5.74, 6) is 1.33. The quantitative estimate of drug-likeness (QED) is 0.878. The van der Waals surface area contributed by atoms with Crippen LogP contribution in [0.1, 0.15) is 17.4 Å². The van der Waals surface area contributed by atoms with E-state index < -0.39 is 6.04 Å². The van der Waals surface area contributed by atoms with Crippen molar-refractivity contribution >= 4 is 5.91 Å². The van der Waals surface area contributed by atoms with Crippen LogP contribution in [0.5, 0.6) is 0 Å². The van der Waals surface area contributed by atoms with Gasteiger partial charge in [-0.3, -0.25) is 4.79 Å². The molecular formula is C17H21FN6O. The van der Waals surface area contributed by atoms with Gasteiger partial charge >= 0.3 is 0 Å². The summed E-state index contributed by atoms with van der Waals surface area (Å²) in [6.45, 7) is 5.23. The number of aryl methyl sites for hydroxylation is 1. The second-order valence-corrected chi connectivity index (χ2v) is 6.94. The summed E-state index contributed by atoms with van der Waals surface area (Å²) >= 11 is 0. The van der Waals surface area contributed by atoms with Crippen LogP contribution in [0.15, 0.2) is 24.3 Å². The Balaban J connectivity index is 1.59. The summed E-state index contributed by atoms with van der Waals surface area (Å²) in [5, 5.41) is 15.0. The maximum atomic E-state index is 13.5. The molecule has 1 aromatic carbocycles. The first kappa shape index (κ1) is 16.1. The Hall–Kier alpha value is -2.35. The number of likely N-dealkylation sites (tertiary alicyclic amines) is 1. The highest BCUT2D eigenvalue weighted by atomic mass is 19.1. The molecule has 2 aliphatic rings. The lowest BCUT2D eigenvalue weighted by Gasteiger charge is -2.24. The number of tetrazole rings is 1. The van der Waals surface area contributed by atoms with Crippen LogP contribution in [0.25, 0.3) is 0 Å². The van der Waals surface area contributed by atoms with Crippen molar-refractivity contribution in [3.8, 4) is 0 Å². The van der Waals surface area contributed by atoms with E-state index in [0.717, 1.165) is 31.7 Å². The number of halogens is 1. The molecule has 0 bridgehead atoms. The zero-order valence-electron chi connectivity index (χ0n) is 14.1. The number of nitrogens with one attached hydrogen (secondary N) is 1. The van der Waals surface area contributed by atoms with E-state index >= 15 is 0 Å². The van der Waals surface area contributed by atoms with Gasteiger partial charge in [-0.15, -0.1) is 5.10 Å². The highest BCUT2D eigenvalue weighted by molar-refractivity contribution is 5.81. The Morgan fingerprint density at radius 2 is 2.12 bits per heavy atom. The molecule has 8 heteroatoms. The molecule has 4 rings (SSSR count). The van der Waals surface area contributed by atoms with Crippen molar-refractivity contribution in [3.05, 3.63) is 41.5 Å². The molecule has 7 nitrogen and oxygen atoms in total. The summed E-state index contributed by atoms with van der Waals surface area (Å²) in [5.41, 5.74) is 0.759. The third kappa shape index (κ3) is 3.13. The molecule has 132 valence electrons. The molecule has 1 aromatic heterocycles. The molecule has 1 unspecified atom stereocenters. The Morgan fingerprint density at radius 3 is 2.76 bits per heavy atom. The van der Waals surface area contributed by atoms with E-state index in [-0.39, 0.29) is 11.7 Å². The van der Waals surface area contributed by atoms with Crippen LogP contribution in [0, 0.1) is 24.6 Å². The molecule has 0 spiro atoms. The number of nitrogens with zero attached hydrogens (tertiary/aromatic N) is 5. The van der Waals surface area contributed by atoms with E-state index in [4.69, 9.17) is 0 Å². The normalized spacial score (nSPS) is 23.7. The number of carbonyl (C=O) groups excluding carboxylic acids is 1. The number of aromatic nitrogens is 4. The SMILES string of the molecule is Cc1nnnn1C(Cc1cccc(F)c1)C(=O)N1C[C@H]2CNC[C@H]2C1. The van der Waals surface area contributed by atoms with Gasteiger partial charge in [-0.05, 0) is 46.9 Å². The zero-order chi connectivity index (χ0) is 17.4. The van der Waals surface area contributed by atoms with Gasteiger partial charge in [0.1, 0.15) is 17.7 Å². The van der Waals surface area contributed by atoms with Gasteiger partial charge in [-0.25, -0.2) is 9.07 Å². The highest BCUT2D eigenvalue weighted by Crippen LogP contribution is 2.29. The number of rotatable bonds is 4. The van der Waals surface area contributed by atoms with E-state index in [1.165, 1.54) is 12.1 Å². The van der Waals surface area contributed by atoms with Crippen LogP contribution in [0.4, 0.5) is 4.39 Å². The van der Waals surface area contributed by atoms with Gasteiger partial charge in [0.2, 0.25) is 5.91 Å². The summed E-state index contributed by atoms with van der Waals surface area (Å²) in [6.07, 6.45) is 0.368. The maximum absolute atomic E-state index is 13.5. The minimum Gasteiger partial charge on any atom is -0.340 e. The summed E-state index contributed by atoms with van der Waals surface area (Å²) in [7, 11) is 0. The van der Waals surface area contributed by atoms with Gasteiger partial charge in [-0.2, -0.15) is 0 Å². The van der Waals surface area contributed by atoms with Gasteiger partial charge in [-0.1, -0.05) is 12.1 Å². The van der Waals surface area contributed by atoms with Crippen molar-refractivity contribution < 1.29 is 9.18 Å². The Morgan fingerprint density at radius 1 is 1.36 bits per heavy atom. The van der Waals surface area contributed by atoms with Gasteiger partial charge in [0.05, 0.1) is 0 Å². The molecular weight excluding hydrogens is 323 g/mol. The van der Waals surface area contributed by atoms with Crippen molar-refractivity contribution in [1.29, 1.82) is 0 Å². The van der Waals surface area contributed by atoms with Crippen molar-refractivity contribution in [2.24, 2.45) is 11.8 Å². The van der Waals surface area contributed by atoms with Gasteiger partial charge in [0.15, 0.2) is 0 Å². The predicted octanol–water partition coefficient (Wildman–Crippen LogP) is 0.582. The molecule has 0 saturated carbocycles. The highest BCUT2D eigenvalue weighted by Gasteiger charge is 2.40. The molecule has 1 amide bonds. The molecule has 2 saturated heterocycles. The molecule has 2 aliphatic heterocycles. The smallest absolute Gasteiger partial charge is 0.247 e. The minimum atomic E-state index is -0.552. The number of hydrogen-bond donors (Lipinski definition) is 1. The van der Waals surface area contributed by atoms with Gasteiger partial charge in [0, 0.05) is 32.6 Å². The first-order chi connectivity index (χ1) is 12.1. The van der Waals surface area contributed by atoms with Crippen LogP contribution < -0.4 is 5.32 Å². The topological polar surface area (TPSA) is 75.9 Å². The van der Waals surface area contributed by atoms with Gasteiger partial charge in [0.25, 0.3) is 0 Å². The second kappa shape index (κ2) is 6.51. The monoisotopic (exact) mass is 344 g/mol. The van der Waals surface area contributed by atoms with E-state index in [9.17, 15) is 9.18 Å². The Bertz CT molecular complexity index is 766. The summed E-state index contributed by atoms with van der Waals surface area (Å²) in [4.78, 5) is 15.1. The lowest BCUT2D eigenvalue weighted by molar-refractivity contribution is -0.134. The van der Waals surface area contributed by atoms with Crippen LogP contribution >= 0.6 is 0 Å². The van der Waals surface area contributed by atoms with E-state index in [1.54, 1.807) is 17.7 Å². The first-order valence-electron chi connectivity index (χ1n) is 8.60. The van der Waals surface area contributed by atoms with Crippen LogP contribution in [0.3, 0.4) is 0 Å². The molecule has 2 aromatic rings. The van der Waals surface area contributed by atoms with E-state index in [1.807, 2.05) is 11.0 Å². The number of benzene rings is 1. The molecule has 3 atom stereocenters. The van der Waals surface area contributed by atoms with Crippen molar-refractivity contribution in [1.82, 2.24) is 30.4 Å². The van der Waals surface area contributed by atoms with Crippen LogP contribution in [-0.4, -0.2) is 57.2 Å². The average molecular weight is 344 g/mol. The van der Waals surface area contributed by atoms with E-state index in [2.05, 4.69) is 20.8 Å². The summed E-state index contributed by atoms with van der Waals surface area (Å²) < 4.78 is 15.1. The molecule has 0 aliphatic carbocycles. The van der Waals surface area contributed by atoms with Crippen molar-refractivity contribution in [2.75, 3.05) is 26.2 Å². The second-order valence-electron chi connectivity index (χ2n) is 6.94. The fourth-order valence-corrected chi connectivity index (χ4v) is 3.94. The predicted molar refractivity (Wildman–Crippen MR) is 88.1 cm³/mol. The zero-order valence-corrected chi connectivity index (χ0v) is 14.1. The van der Waals surface area contributed by atoms with E-state index in [0.29, 0.717) is 24.1 Å². The average Bonchev–Trinajstić information content (AvgIpc) is 3.28. The van der Waals surface area contributed by atoms with Crippen LogP contribution in [-0.2, 0) is 11.2 Å². The number of fused-ring (bicyclic) bond motifs is 1. The third-order valence-electron chi connectivity index (χ3n) is 5.26. The third-order valence-corrected chi connectivity index (χ3v) is 5.26. The van der Waals surface area contributed by atoms with Crippen LogP contribution in [0.2, 0.25) is 0 Å². The number of hydrogen-bond acceptors (Lipinski definition) is 5. The number of amides is 1. The minimum absolute atomic E-state index is 0.00839. The lowest BCUT2D eigenvalue weighted by Crippen LogP contribution is -2.39. The molecule has 0 radical (unpaired) electrons. The Labute approximate surface area is 145 Å². The molecule has 25 heavy (non-hydrogen) atoms. The number of carbonyl (C=O) groups is 1. The van der Waals surface area contributed by atoms with Crippen molar-refractivity contribution in [3.63, 3.8) is 0 Å². The van der Waals surface area contributed by atoms with Gasteiger partial charge < -0.3 is 10.2 Å². The lowest BCUT2D eigenvalue weighted by atomic mass is 10.0. The standard InChI is InChI=1S/C17H21FN6O/c1-11-20-21-22-24(11)16(6-12-3-2-4-15(18)5-12)17(25)23-9-13-7-19-8-14(13)10-23/h2-5,13-14,16,19H,6-10H2,1H3/t13-,14+,16?. The van der Waals surface area contributed by atoms with Crippen molar-refractivity contribution in [2.45, 2.75) is 19.4 Å². The Kier molecular flexibility index (Phi) is 4.20. The largest absolute Gasteiger partial charge is 0.340 e. The fourth-order valence-electron chi connectivity index (χ4n) is 3.94. The first-order valence-corrected chi connectivity index (χ1v) is 8.60. The maximum Gasteiger partial charge on any atom is 0.247 e. The molecule has 3 heterocycles. The molecule has 1 N–H and O–H groups in total. The molecule has 2 fully saturated rings. The summed E-state index contributed by atoms with van der Waals surface area (Å²) in [6, 6.07) is 5.79.